The predicted octanol–water partition coefficient (Wildman–Crippen LogP) is 3.24. The van der Waals surface area contributed by atoms with Gasteiger partial charge in [0.25, 0.3) is 0 Å². The number of methoxy groups -OCH3 is 1. The van der Waals surface area contributed by atoms with E-state index in [2.05, 4.69) is 23.8 Å². The molecule has 0 aromatic heterocycles. The minimum atomic E-state index is -0.561. The van der Waals surface area contributed by atoms with Gasteiger partial charge in [-0.3, -0.25) is 9.59 Å². The lowest BCUT2D eigenvalue weighted by atomic mass is 9.92. The Bertz CT molecular complexity index is 765. The van der Waals surface area contributed by atoms with E-state index in [1.165, 1.54) is 0 Å². The fourth-order valence-electron chi connectivity index (χ4n) is 4.04. The number of benzene rings is 1. The van der Waals surface area contributed by atoms with Crippen LogP contribution in [-0.2, 0) is 14.3 Å². The van der Waals surface area contributed by atoms with E-state index >= 15 is 0 Å². The average Bonchev–Trinajstić information content (AvgIpc) is 2.79. The van der Waals surface area contributed by atoms with E-state index in [1.54, 1.807) is 18.9 Å². The number of carbonyl (C=O) groups excluding carboxylic acids is 2. The monoisotopic (exact) mass is 445 g/mol. The Hall–Kier alpha value is -2.64. The minimum Gasteiger partial charge on any atom is -0.496 e. The number of nitrogens with one attached hydrogen (secondary N) is 2. The SMILES string of the molecule is C=C.CNC/C1=C(\C=O)C(c2ccccc2OC)N(C(C)=O)C(C)CCCOCC(C)N1. The van der Waals surface area contributed by atoms with Crippen LogP contribution in [0.3, 0.4) is 0 Å². The molecule has 0 radical (unpaired) electrons. The lowest BCUT2D eigenvalue weighted by Gasteiger charge is -2.38. The van der Waals surface area contributed by atoms with Crippen LogP contribution in [0.4, 0.5) is 0 Å². The molecule has 0 spiro atoms. The summed E-state index contributed by atoms with van der Waals surface area (Å²) in [7, 11) is 3.43. The van der Waals surface area contributed by atoms with Crippen molar-refractivity contribution in [1.82, 2.24) is 15.5 Å². The largest absolute Gasteiger partial charge is 0.496 e. The van der Waals surface area contributed by atoms with E-state index in [0.29, 0.717) is 31.1 Å². The van der Waals surface area contributed by atoms with Crippen molar-refractivity contribution in [3.8, 4) is 5.75 Å². The fourth-order valence-corrected chi connectivity index (χ4v) is 4.04. The van der Waals surface area contributed by atoms with Gasteiger partial charge in [0.1, 0.15) is 12.0 Å². The van der Waals surface area contributed by atoms with E-state index in [0.717, 1.165) is 30.4 Å². The first-order valence-electron chi connectivity index (χ1n) is 11.0. The van der Waals surface area contributed by atoms with Crippen LogP contribution < -0.4 is 15.4 Å². The first-order valence-corrected chi connectivity index (χ1v) is 11.0. The Morgan fingerprint density at radius 2 is 2.03 bits per heavy atom. The lowest BCUT2D eigenvalue weighted by molar-refractivity contribution is -0.133. The number of likely N-dealkylation sites (N-methyl/N-ethyl adjacent to an activating group) is 1. The number of amides is 1. The van der Waals surface area contributed by atoms with Gasteiger partial charge >= 0.3 is 0 Å². The van der Waals surface area contributed by atoms with Gasteiger partial charge < -0.3 is 25.0 Å². The van der Waals surface area contributed by atoms with Crippen molar-refractivity contribution in [3.63, 3.8) is 0 Å². The van der Waals surface area contributed by atoms with E-state index in [1.807, 2.05) is 45.2 Å². The zero-order valence-electron chi connectivity index (χ0n) is 20.1. The Morgan fingerprint density at radius 3 is 2.62 bits per heavy atom. The molecule has 0 saturated carbocycles. The van der Waals surface area contributed by atoms with Gasteiger partial charge in [-0.05, 0) is 39.8 Å². The molecule has 1 heterocycles. The molecule has 0 bridgehead atoms. The summed E-state index contributed by atoms with van der Waals surface area (Å²) in [6.07, 6.45) is 2.47. The molecule has 0 aliphatic carbocycles. The van der Waals surface area contributed by atoms with Gasteiger partial charge in [0.15, 0.2) is 0 Å². The summed E-state index contributed by atoms with van der Waals surface area (Å²) in [5.41, 5.74) is 2.06. The van der Waals surface area contributed by atoms with Crippen LogP contribution in [0.15, 0.2) is 48.7 Å². The van der Waals surface area contributed by atoms with Gasteiger partial charge in [-0.1, -0.05) is 18.2 Å². The number of aldehydes is 1. The number of ether oxygens (including phenoxy) is 2. The fraction of sp³-hybridized carbons (Fsp3) is 0.520. The third-order valence-electron chi connectivity index (χ3n) is 5.37. The molecular formula is C25H39N3O4. The number of hydrogen-bond donors (Lipinski definition) is 2. The van der Waals surface area contributed by atoms with Gasteiger partial charge in [-0.15, -0.1) is 13.2 Å². The van der Waals surface area contributed by atoms with Crippen LogP contribution in [0.25, 0.3) is 0 Å². The molecule has 7 nitrogen and oxygen atoms in total. The summed E-state index contributed by atoms with van der Waals surface area (Å²) in [4.78, 5) is 27.2. The zero-order chi connectivity index (χ0) is 24.1. The molecule has 1 aromatic rings. The summed E-state index contributed by atoms with van der Waals surface area (Å²) < 4.78 is 11.4. The third-order valence-corrected chi connectivity index (χ3v) is 5.37. The lowest BCUT2D eigenvalue weighted by Crippen LogP contribution is -2.44. The molecular weight excluding hydrogens is 406 g/mol. The van der Waals surface area contributed by atoms with Gasteiger partial charge in [-0.2, -0.15) is 0 Å². The van der Waals surface area contributed by atoms with Crippen molar-refractivity contribution < 1.29 is 19.1 Å². The number of rotatable bonds is 5. The van der Waals surface area contributed by atoms with E-state index in [4.69, 9.17) is 9.47 Å². The molecule has 2 rings (SSSR count). The Labute approximate surface area is 192 Å². The zero-order valence-corrected chi connectivity index (χ0v) is 20.1. The molecule has 0 fully saturated rings. The molecule has 178 valence electrons. The average molecular weight is 446 g/mol. The van der Waals surface area contributed by atoms with Crippen LogP contribution in [0.5, 0.6) is 5.75 Å². The van der Waals surface area contributed by atoms with Crippen molar-refractivity contribution in [2.75, 3.05) is 33.9 Å². The van der Waals surface area contributed by atoms with E-state index in [-0.39, 0.29) is 18.0 Å². The topological polar surface area (TPSA) is 79.9 Å². The quantitative estimate of drug-likeness (QED) is 0.535. The summed E-state index contributed by atoms with van der Waals surface area (Å²) >= 11 is 0. The molecule has 1 aliphatic rings. The molecule has 1 aromatic carbocycles. The number of para-hydroxylation sites is 1. The molecule has 7 heteroatoms. The van der Waals surface area contributed by atoms with Crippen molar-refractivity contribution >= 4 is 12.2 Å². The van der Waals surface area contributed by atoms with Gasteiger partial charge in [0, 0.05) is 49.0 Å². The normalized spacial score (nSPS) is 24.7. The Morgan fingerprint density at radius 1 is 1.34 bits per heavy atom. The molecule has 2 N–H and O–H groups in total. The van der Waals surface area contributed by atoms with Crippen molar-refractivity contribution in [3.05, 3.63) is 54.3 Å². The summed E-state index contributed by atoms with van der Waals surface area (Å²) in [6, 6.07) is 6.95. The molecule has 1 amide bonds. The van der Waals surface area contributed by atoms with Gasteiger partial charge in [0.05, 0.1) is 19.8 Å². The number of carbonyl (C=O) groups is 2. The minimum absolute atomic E-state index is 0.0178. The molecule has 32 heavy (non-hydrogen) atoms. The van der Waals surface area contributed by atoms with E-state index in [9.17, 15) is 9.59 Å². The van der Waals surface area contributed by atoms with Crippen molar-refractivity contribution in [2.45, 2.75) is 51.7 Å². The van der Waals surface area contributed by atoms with Crippen LogP contribution >= 0.6 is 0 Å². The van der Waals surface area contributed by atoms with Crippen LogP contribution in [0, 0.1) is 0 Å². The summed E-state index contributed by atoms with van der Waals surface area (Å²) in [5.74, 6) is 0.556. The number of nitrogens with zero attached hydrogens (tertiary/aromatic N) is 1. The summed E-state index contributed by atoms with van der Waals surface area (Å²) in [5, 5.41) is 6.57. The highest BCUT2D eigenvalue weighted by Crippen LogP contribution is 2.37. The first-order chi connectivity index (χ1) is 15.4. The highest BCUT2D eigenvalue weighted by atomic mass is 16.5. The molecule has 3 atom stereocenters. The second kappa shape index (κ2) is 14.4. The van der Waals surface area contributed by atoms with Crippen LogP contribution in [0.2, 0.25) is 0 Å². The maximum Gasteiger partial charge on any atom is 0.220 e. The van der Waals surface area contributed by atoms with Gasteiger partial charge in [-0.25, -0.2) is 0 Å². The highest BCUT2D eigenvalue weighted by Gasteiger charge is 2.34. The van der Waals surface area contributed by atoms with Crippen molar-refractivity contribution in [1.29, 1.82) is 0 Å². The van der Waals surface area contributed by atoms with Crippen molar-refractivity contribution in [2.24, 2.45) is 0 Å². The van der Waals surface area contributed by atoms with Gasteiger partial charge in [0.2, 0.25) is 5.91 Å². The highest BCUT2D eigenvalue weighted by molar-refractivity contribution is 5.82. The maximum absolute atomic E-state index is 12.9. The van der Waals surface area contributed by atoms with Crippen LogP contribution in [-0.4, -0.2) is 63.1 Å². The number of hydrogen-bond acceptors (Lipinski definition) is 6. The third kappa shape index (κ3) is 7.21. The second-order valence-electron chi connectivity index (χ2n) is 7.76. The van der Waals surface area contributed by atoms with Crippen LogP contribution in [0.1, 0.15) is 45.2 Å². The Kier molecular flexibility index (Phi) is 12.4. The molecule has 1 aliphatic heterocycles. The summed E-state index contributed by atoms with van der Waals surface area (Å²) in [6.45, 7) is 13.2. The smallest absolute Gasteiger partial charge is 0.220 e. The Balaban J connectivity index is 0.00000249. The first kappa shape index (κ1) is 27.4. The standard InChI is InChI=1S/C23H35N3O4.C2H4/c1-16-15-30-12-8-9-17(2)26(18(3)28)23(19-10-6-7-11-22(19)29-5)20(14-27)21(25-16)13-24-4;1-2/h6-7,10-11,14,16-17,23-25H,8-9,12-13,15H2,1-5H3;1-2H2/b21-20-;. The molecule has 3 unspecified atom stereocenters. The molecule has 0 saturated heterocycles. The second-order valence-corrected chi connectivity index (χ2v) is 7.76. The van der Waals surface area contributed by atoms with E-state index < -0.39 is 6.04 Å². The maximum atomic E-state index is 12.9. The predicted molar refractivity (Wildman–Crippen MR) is 129 cm³/mol.